The Morgan fingerprint density at radius 2 is 2.00 bits per heavy atom. The van der Waals surface area contributed by atoms with Crippen molar-refractivity contribution in [1.29, 1.82) is 0 Å². The fourth-order valence-corrected chi connectivity index (χ4v) is 0. The molecule has 0 heterocycles. The lowest BCUT2D eigenvalue weighted by Crippen LogP contribution is -2.20. The molecular weight excluding hydrogens is 47.6 g/mol. The van der Waals surface area contributed by atoms with Gasteiger partial charge in [0.2, 0.25) is 0 Å². The summed E-state index contributed by atoms with van der Waals surface area (Å²) < 4.78 is 0. The van der Waals surface area contributed by atoms with Gasteiger partial charge in [0.05, 0.1) is 7.74 Å². The molecule has 1 nitrogen and oxygen atoms in total. The van der Waals surface area contributed by atoms with Gasteiger partial charge in [-0.2, -0.15) is 0 Å². The van der Waals surface area contributed by atoms with Crippen LogP contribution in [0.4, 0.5) is 0 Å². The monoisotopic (exact) mass is 55.1 g/mol. The highest BCUT2D eigenvalue weighted by Crippen LogP contribution is 1.42. The number of rotatable bonds is 0. The van der Waals surface area contributed by atoms with E-state index in [2.05, 4.69) is 0 Å². The summed E-state index contributed by atoms with van der Waals surface area (Å²) in [5.74, 6) is 0. The minimum absolute atomic E-state index is 0.333. The number of hydrogen-bond donors (Lipinski definition) is 1. The van der Waals surface area contributed by atoms with Crippen molar-refractivity contribution in [2.24, 2.45) is 5.64 Å². The molecule has 0 aliphatic carbocycles. The van der Waals surface area contributed by atoms with Crippen LogP contribution in [0.1, 0.15) is 0 Å². The first-order chi connectivity index (χ1) is 1.73. The third-order valence-electron chi connectivity index (χ3n) is 0. The first-order valence-corrected chi connectivity index (χ1v) is 1.49. The van der Waals surface area contributed by atoms with Crippen LogP contribution in [0, 0.1) is 0 Å². The van der Waals surface area contributed by atoms with Gasteiger partial charge in [-0.05, 0) is 0 Å². The Bertz CT molecular complexity index is 10.8. The van der Waals surface area contributed by atoms with E-state index in [1.165, 1.54) is 0 Å². The van der Waals surface area contributed by atoms with Crippen molar-refractivity contribution in [3.8, 4) is 0 Å². The summed E-state index contributed by atoms with van der Waals surface area (Å²) in [7, 11) is 1.94. The van der Waals surface area contributed by atoms with Gasteiger partial charge in [-0.1, -0.05) is 6.82 Å². The quantitative estimate of drug-likeness (QED) is 0.342. The van der Waals surface area contributed by atoms with Crippen LogP contribution in [-0.4, -0.2) is 14.5 Å². The van der Waals surface area contributed by atoms with Crippen molar-refractivity contribution >= 4 is 14.5 Å². The molecule has 0 radical (unpaired) electrons. The Morgan fingerprint density at radius 1 is 2.00 bits per heavy atom. The van der Waals surface area contributed by atoms with Gasteiger partial charge in [0.25, 0.3) is 0 Å². The molecule has 0 saturated heterocycles. The first kappa shape index (κ1) is 4.09. The predicted octanol–water partition coefficient (Wildman–Crippen LogP) is -1.30. The van der Waals surface area contributed by atoms with E-state index < -0.39 is 0 Å². The third kappa shape index (κ3) is 307. The molecule has 0 rings (SSSR count). The smallest absolute Gasteiger partial charge is 0.169 e. The molecular formula is CH7B2N. The Balaban J connectivity index is 2.32. The molecule has 0 spiro atoms. The van der Waals surface area contributed by atoms with Crippen LogP contribution >= 0.6 is 0 Å². The largest absolute Gasteiger partial charge is 0.376 e. The van der Waals surface area contributed by atoms with Gasteiger partial charge in [0.15, 0.2) is 6.74 Å². The van der Waals surface area contributed by atoms with Gasteiger partial charge in [-0.15, -0.1) is 0 Å². The summed E-state index contributed by atoms with van der Waals surface area (Å²) in [6, 6.07) is 0. The van der Waals surface area contributed by atoms with Crippen molar-refractivity contribution in [3.63, 3.8) is 0 Å². The van der Waals surface area contributed by atoms with Crippen LogP contribution in [0.15, 0.2) is 0 Å². The molecule has 0 amide bonds. The van der Waals surface area contributed by atoms with Crippen molar-refractivity contribution in [3.05, 3.63) is 0 Å². The first-order valence-electron chi connectivity index (χ1n) is 1.49. The molecule has 2 N–H and O–H groups in total. The molecule has 0 atom stereocenters. The molecule has 0 bridgehead atoms. The fraction of sp³-hybridized carbons (Fsp3) is 1.00. The summed E-state index contributed by atoms with van der Waals surface area (Å²) in [5.41, 5.74) is 5.11. The van der Waals surface area contributed by atoms with Gasteiger partial charge in [-0.25, -0.2) is 0 Å². The Labute approximate surface area is 28.1 Å². The standard InChI is InChI=1S/CH7B2N/c1-3(2)4/h2,4H2,1H3. The Morgan fingerprint density at radius 3 is 2.00 bits per heavy atom. The van der Waals surface area contributed by atoms with E-state index in [4.69, 9.17) is 5.64 Å². The maximum absolute atomic E-state index is 5.11. The van der Waals surface area contributed by atoms with Crippen LogP contribution in [-0.2, 0) is 0 Å². The molecule has 0 fully saturated rings. The van der Waals surface area contributed by atoms with E-state index in [0.29, 0.717) is 6.74 Å². The van der Waals surface area contributed by atoms with Crippen molar-refractivity contribution in [2.75, 3.05) is 0 Å². The molecule has 3 heteroatoms. The fourth-order valence-electron chi connectivity index (χ4n) is 0. The van der Waals surface area contributed by atoms with Crippen LogP contribution < -0.4 is 5.64 Å². The molecule has 0 aliphatic heterocycles. The van der Waals surface area contributed by atoms with E-state index in [0.717, 1.165) is 0 Å². The zero-order chi connectivity index (χ0) is 3.58. The van der Waals surface area contributed by atoms with E-state index in [-0.39, 0.29) is 0 Å². The minimum atomic E-state index is 0.333. The van der Waals surface area contributed by atoms with E-state index in [1.54, 1.807) is 0 Å². The van der Waals surface area contributed by atoms with Crippen LogP contribution in [0.25, 0.3) is 0 Å². The number of hydrogen-bond acceptors (Lipinski definition) is 1. The summed E-state index contributed by atoms with van der Waals surface area (Å²) >= 11 is 0. The van der Waals surface area contributed by atoms with Gasteiger partial charge in [-0.3, -0.25) is 0 Å². The zero-order valence-electron chi connectivity index (χ0n) is 3.15. The summed E-state index contributed by atoms with van der Waals surface area (Å²) in [6.07, 6.45) is 0. The van der Waals surface area contributed by atoms with Crippen molar-refractivity contribution < 1.29 is 0 Å². The Hall–Kier alpha value is 0.0899. The van der Waals surface area contributed by atoms with Gasteiger partial charge in [0, 0.05) is 0 Å². The molecule has 0 aromatic heterocycles. The van der Waals surface area contributed by atoms with E-state index >= 15 is 0 Å². The molecule has 22 valence electrons. The zero-order valence-corrected chi connectivity index (χ0v) is 3.15. The molecule has 0 aromatic rings. The van der Waals surface area contributed by atoms with Crippen molar-refractivity contribution in [2.45, 2.75) is 6.82 Å². The molecule has 0 aliphatic rings. The molecule has 4 heavy (non-hydrogen) atoms. The highest BCUT2D eigenvalue weighted by atomic mass is 14.4. The summed E-state index contributed by atoms with van der Waals surface area (Å²) in [5, 5.41) is 0. The second-order valence-electron chi connectivity index (χ2n) is 1.24. The second kappa shape index (κ2) is 1.41. The van der Waals surface area contributed by atoms with Crippen LogP contribution in [0.2, 0.25) is 6.82 Å². The van der Waals surface area contributed by atoms with Crippen LogP contribution in [0.5, 0.6) is 0 Å². The van der Waals surface area contributed by atoms with Gasteiger partial charge in [0.1, 0.15) is 0 Å². The maximum Gasteiger partial charge on any atom is 0.169 e. The predicted molar refractivity (Wildman–Crippen MR) is 24.3 cm³/mol. The highest BCUT2D eigenvalue weighted by molar-refractivity contribution is 7.00. The van der Waals surface area contributed by atoms with Gasteiger partial charge >= 0.3 is 0 Å². The van der Waals surface area contributed by atoms with Crippen LogP contribution in [0.3, 0.4) is 0 Å². The normalized spacial score (nSPS) is 6.50. The lowest BCUT2D eigenvalue weighted by Gasteiger charge is -1.73. The summed E-state index contributed by atoms with van der Waals surface area (Å²) in [4.78, 5) is 0. The molecule has 0 saturated carbocycles. The molecule has 0 aromatic carbocycles. The SMILES string of the molecule is BB(C)N. The topological polar surface area (TPSA) is 26.0 Å². The highest BCUT2D eigenvalue weighted by Gasteiger charge is 1.77. The summed E-state index contributed by atoms with van der Waals surface area (Å²) in [6.45, 7) is 2.28. The minimum Gasteiger partial charge on any atom is -0.376 e. The Kier molecular flexibility index (Phi) is 1.45. The lowest BCUT2D eigenvalue weighted by atomic mass is 9.46. The average Bonchev–Trinajstić information content (AvgIpc) is 0.811. The van der Waals surface area contributed by atoms with E-state index in [9.17, 15) is 0 Å². The third-order valence-corrected chi connectivity index (χ3v) is 0. The number of nitrogens with two attached hydrogens (primary N) is 1. The van der Waals surface area contributed by atoms with Gasteiger partial charge < -0.3 is 5.64 Å². The second-order valence-corrected chi connectivity index (χ2v) is 1.24. The van der Waals surface area contributed by atoms with Crippen molar-refractivity contribution in [1.82, 2.24) is 0 Å². The molecule has 0 unspecified atom stereocenters. The van der Waals surface area contributed by atoms with E-state index in [1.807, 2.05) is 14.6 Å². The lowest BCUT2D eigenvalue weighted by molar-refractivity contribution is 1.85. The maximum atomic E-state index is 5.11. The average molecular weight is 54.7 g/mol.